The van der Waals surface area contributed by atoms with Crippen LogP contribution in [0.2, 0.25) is 0 Å². The lowest BCUT2D eigenvalue weighted by Gasteiger charge is -2.36. The van der Waals surface area contributed by atoms with E-state index in [1.807, 2.05) is 19.1 Å². The fourth-order valence-electron chi connectivity index (χ4n) is 4.27. The Morgan fingerprint density at radius 1 is 1.23 bits per heavy atom. The van der Waals surface area contributed by atoms with Gasteiger partial charge in [0.15, 0.2) is 5.78 Å². The maximum Gasteiger partial charge on any atom is 0.161 e. The molecule has 0 unspecified atom stereocenters. The molecule has 1 aromatic carbocycles. The van der Waals surface area contributed by atoms with Crippen molar-refractivity contribution in [3.63, 3.8) is 0 Å². The number of para-hydroxylation sites is 1. The van der Waals surface area contributed by atoms with Gasteiger partial charge in [-0.1, -0.05) is 18.2 Å². The number of carbonyl (C=O) groups is 1. The zero-order valence-electron chi connectivity index (χ0n) is 15.0. The van der Waals surface area contributed by atoms with E-state index >= 15 is 0 Å². The van der Waals surface area contributed by atoms with Crippen molar-refractivity contribution < 1.29 is 9.53 Å². The van der Waals surface area contributed by atoms with E-state index in [9.17, 15) is 10.1 Å². The van der Waals surface area contributed by atoms with Gasteiger partial charge in [-0.3, -0.25) is 4.79 Å². The van der Waals surface area contributed by atoms with Crippen LogP contribution in [0.15, 0.2) is 46.8 Å². The van der Waals surface area contributed by atoms with E-state index in [1.54, 1.807) is 0 Å². The van der Waals surface area contributed by atoms with Crippen LogP contribution in [-0.2, 0) is 9.53 Å². The van der Waals surface area contributed by atoms with Crippen LogP contribution >= 0.6 is 0 Å². The van der Waals surface area contributed by atoms with Gasteiger partial charge in [0.25, 0.3) is 0 Å². The average Bonchev–Trinajstić information content (AvgIpc) is 2.68. The standard InChI is InChI=1S/C21H23N3O2/c1-14-16(13-22)20(21-17(23-14)6-4-8-19(21)25)15-5-2-3-7-18(15)24-9-11-26-12-10-24/h2-3,5,7,20,23H,4,6,8-12H2,1H3/t20-/m1/s1. The second-order valence-electron chi connectivity index (χ2n) is 7.04. The summed E-state index contributed by atoms with van der Waals surface area (Å²) in [5.41, 5.74) is 5.46. The van der Waals surface area contributed by atoms with E-state index < -0.39 is 0 Å². The summed E-state index contributed by atoms with van der Waals surface area (Å²) in [5.74, 6) is -0.108. The number of rotatable bonds is 2. The van der Waals surface area contributed by atoms with E-state index in [1.165, 1.54) is 0 Å². The zero-order valence-corrected chi connectivity index (χ0v) is 15.0. The lowest BCUT2D eigenvalue weighted by molar-refractivity contribution is -0.116. The number of allylic oxidation sites excluding steroid dienone is 4. The number of morpholine rings is 1. The van der Waals surface area contributed by atoms with Crippen molar-refractivity contribution in [2.45, 2.75) is 32.1 Å². The largest absolute Gasteiger partial charge is 0.378 e. The topological polar surface area (TPSA) is 65.4 Å². The molecule has 0 spiro atoms. The van der Waals surface area contributed by atoms with Gasteiger partial charge < -0.3 is 15.0 Å². The smallest absolute Gasteiger partial charge is 0.161 e. The predicted molar refractivity (Wildman–Crippen MR) is 99.5 cm³/mol. The monoisotopic (exact) mass is 349 g/mol. The number of ether oxygens (including phenoxy) is 1. The summed E-state index contributed by atoms with van der Waals surface area (Å²) >= 11 is 0. The number of carbonyl (C=O) groups excluding carboxylic acids is 1. The maximum atomic E-state index is 12.8. The molecule has 26 heavy (non-hydrogen) atoms. The fraction of sp³-hybridized carbons (Fsp3) is 0.429. The number of nitrogens with one attached hydrogen (secondary N) is 1. The summed E-state index contributed by atoms with van der Waals surface area (Å²) < 4.78 is 5.49. The van der Waals surface area contributed by atoms with Gasteiger partial charge in [0.2, 0.25) is 0 Å². The van der Waals surface area contributed by atoms with Crippen LogP contribution in [0.25, 0.3) is 0 Å². The van der Waals surface area contributed by atoms with Crippen LogP contribution < -0.4 is 10.2 Å². The Morgan fingerprint density at radius 3 is 2.77 bits per heavy atom. The summed E-state index contributed by atoms with van der Waals surface area (Å²) in [4.78, 5) is 15.1. The van der Waals surface area contributed by atoms with Crippen LogP contribution in [-0.4, -0.2) is 32.1 Å². The molecule has 5 heteroatoms. The summed E-state index contributed by atoms with van der Waals surface area (Å²) in [6.45, 7) is 4.99. The zero-order chi connectivity index (χ0) is 18.1. The molecule has 5 nitrogen and oxygen atoms in total. The molecule has 2 heterocycles. The lowest BCUT2D eigenvalue weighted by Crippen LogP contribution is -2.38. The predicted octanol–water partition coefficient (Wildman–Crippen LogP) is 3.01. The molecule has 0 radical (unpaired) electrons. The molecule has 1 atom stereocenters. The summed E-state index contributed by atoms with van der Waals surface area (Å²) in [6, 6.07) is 10.6. The Morgan fingerprint density at radius 2 is 2.00 bits per heavy atom. The molecule has 1 fully saturated rings. The number of nitriles is 1. The highest BCUT2D eigenvalue weighted by Gasteiger charge is 2.37. The minimum Gasteiger partial charge on any atom is -0.378 e. The van der Waals surface area contributed by atoms with E-state index in [0.29, 0.717) is 25.2 Å². The first-order valence-corrected chi connectivity index (χ1v) is 9.26. The van der Waals surface area contributed by atoms with Crippen LogP contribution in [0.3, 0.4) is 0 Å². The Labute approximate surface area is 153 Å². The van der Waals surface area contributed by atoms with Crippen LogP contribution in [0, 0.1) is 11.3 Å². The quantitative estimate of drug-likeness (QED) is 0.889. The molecule has 1 aliphatic carbocycles. The molecule has 4 rings (SSSR count). The minimum absolute atomic E-state index is 0.167. The normalized spacial score (nSPS) is 23.5. The summed E-state index contributed by atoms with van der Waals surface area (Å²) in [5, 5.41) is 13.2. The van der Waals surface area contributed by atoms with E-state index in [-0.39, 0.29) is 11.7 Å². The van der Waals surface area contributed by atoms with Crippen molar-refractivity contribution in [1.29, 1.82) is 5.26 Å². The molecule has 1 N–H and O–H groups in total. The third-order valence-corrected chi connectivity index (χ3v) is 5.50. The van der Waals surface area contributed by atoms with Gasteiger partial charge in [-0.2, -0.15) is 5.26 Å². The number of benzene rings is 1. The van der Waals surface area contributed by atoms with Crippen molar-refractivity contribution in [3.8, 4) is 6.07 Å². The number of dihydropyridines is 1. The van der Waals surface area contributed by atoms with Gasteiger partial charge >= 0.3 is 0 Å². The Hall–Kier alpha value is -2.58. The second kappa shape index (κ2) is 6.97. The number of hydrogen-bond donors (Lipinski definition) is 1. The van der Waals surface area contributed by atoms with Crippen molar-refractivity contribution in [1.82, 2.24) is 5.32 Å². The molecular formula is C21H23N3O2. The second-order valence-corrected chi connectivity index (χ2v) is 7.04. The molecule has 1 saturated heterocycles. The van der Waals surface area contributed by atoms with Crippen molar-refractivity contribution in [2.75, 3.05) is 31.2 Å². The maximum absolute atomic E-state index is 12.8. The molecule has 2 aliphatic heterocycles. The lowest BCUT2D eigenvalue weighted by atomic mass is 9.75. The van der Waals surface area contributed by atoms with E-state index in [2.05, 4.69) is 28.4 Å². The molecule has 134 valence electrons. The number of hydrogen-bond acceptors (Lipinski definition) is 5. The molecule has 0 saturated carbocycles. The van der Waals surface area contributed by atoms with Crippen LogP contribution in [0.1, 0.15) is 37.7 Å². The third kappa shape index (κ3) is 2.81. The van der Waals surface area contributed by atoms with Gasteiger partial charge in [0.05, 0.1) is 30.8 Å². The van der Waals surface area contributed by atoms with Crippen LogP contribution in [0.4, 0.5) is 5.69 Å². The first-order chi connectivity index (χ1) is 12.7. The molecule has 0 bridgehead atoms. The molecule has 3 aliphatic rings. The summed E-state index contributed by atoms with van der Waals surface area (Å²) in [7, 11) is 0. The first kappa shape index (κ1) is 16.9. The Bertz CT molecular complexity index is 841. The third-order valence-electron chi connectivity index (χ3n) is 5.50. The Kier molecular flexibility index (Phi) is 4.52. The van der Waals surface area contributed by atoms with Gasteiger partial charge in [-0.15, -0.1) is 0 Å². The highest BCUT2D eigenvalue weighted by atomic mass is 16.5. The summed E-state index contributed by atoms with van der Waals surface area (Å²) in [6.07, 6.45) is 2.31. The van der Waals surface area contributed by atoms with Gasteiger partial charge in [0, 0.05) is 42.2 Å². The van der Waals surface area contributed by atoms with Gasteiger partial charge in [-0.25, -0.2) is 0 Å². The van der Waals surface area contributed by atoms with Gasteiger partial charge in [-0.05, 0) is 31.4 Å². The number of anilines is 1. The van der Waals surface area contributed by atoms with Crippen molar-refractivity contribution >= 4 is 11.5 Å². The van der Waals surface area contributed by atoms with Crippen LogP contribution in [0.5, 0.6) is 0 Å². The molecule has 0 aromatic heterocycles. The number of ketones is 1. The number of Topliss-reactive ketones (excluding diaryl/α,β-unsaturated/α-hetero) is 1. The molecule has 0 amide bonds. The van der Waals surface area contributed by atoms with Crippen molar-refractivity contribution in [2.24, 2.45) is 0 Å². The van der Waals surface area contributed by atoms with Gasteiger partial charge in [0.1, 0.15) is 0 Å². The average molecular weight is 349 g/mol. The highest BCUT2D eigenvalue weighted by Crippen LogP contribution is 2.44. The number of nitrogens with zero attached hydrogens (tertiary/aromatic N) is 2. The molecular weight excluding hydrogens is 326 g/mol. The minimum atomic E-state index is -0.275. The molecule has 1 aromatic rings. The SMILES string of the molecule is CC1=C(C#N)[C@@H](c2ccccc2N2CCOCC2)C2=C(CCCC2=O)N1. The van der Waals surface area contributed by atoms with E-state index in [4.69, 9.17) is 4.74 Å². The first-order valence-electron chi connectivity index (χ1n) is 9.26. The highest BCUT2D eigenvalue weighted by molar-refractivity contribution is 6.00. The van der Waals surface area contributed by atoms with Crippen molar-refractivity contribution in [3.05, 3.63) is 52.4 Å². The van der Waals surface area contributed by atoms with E-state index in [0.717, 1.165) is 54.1 Å². The Balaban J connectivity index is 1.86. The fourth-order valence-corrected chi connectivity index (χ4v) is 4.27.